The summed E-state index contributed by atoms with van der Waals surface area (Å²) in [5.74, 6) is 0.605. The summed E-state index contributed by atoms with van der Waals surface area (Å²) in [6.45, 7) is 0.283. The van der Waals surface area contributed by atoms with Gasteiger partial charge in [-0.15, -0.1) is 0 Å². The fourth-order valence-corrected chi connectivity index (χ4v) is 2.30. The molecule has 0 bridgehead atoms. The molecule has 0 aliphatic carbocycles. The molecule has 0 spiro atoms. The molecule has 0 fully saturated rings. The third kappa shape index (κ3) is 5.35. The van der Waals surface area contributed by atoms with E-state index in [1.165, 1.54) is 13.3 Å². The van der Waals surface area contributed by atoms with Crippen LogP contribution in [0.5, 0.6) is 11.6 Å². The van der Waals surface area contributed by atoms with Gasteiger partial charge in [-0.05, 0) is 30.3 Å². The molecule has 0 radical (unpaired) electrons. The number of carbonyl (C=O) groups is 1. The van der Waals surface area contributed by atoms with Crippen LogP contribution >= 0.6 is 23.2 Å². The van der Waals surface area contributed by atoms with Gasteiger partial charge in [0.1, 0.15) is 10.8 Å². The summed E-state index contributed by atoms with van der Waals surface area (Å²) in [7, 11) is 1.52. The predicted molar refractivity (Wildman–Crippen MR) is 93.9 cm³/mol. The Bertz CT molecular complexity index is 691. The second kappa shape index (κ2) is 8.84. The third-order valence-corrected chi connectivity index (χ3v) is 3.61. The van der Waals surface area contributed by atoms with E-state index in [4.69, 9.17) is 38.4 Å². The van der Waals surface area contributed by atoms with Gasteiger partial charge in [0.2, 0.25) is 11.8 Å². The number of benzene rings is 1. The molecule has 1 aromatic carbocycles. The number of ether oxygens (including phenoxy) is 2. The van der Waals surface area contributed by atoms with Crippen LogP contribution in [-0.4, -0.2) is 30.6 Å². The summed E-state index contributed by atoms with van der Waals surface area (Å²) < 4.78 is 10.7. The SMILES string of the molecule is COC(CN)CC(=O)Nc1ccc(Oc2ncc(Cl)cc2Cl)cc1. The first kappa shape index (κ1) is 18.5. The van der Waals surface area contributed by atoms with Crippen molar-refractivity contribution in [1.29, 1.82) is 0 Å². The van der Waals surface area contributed by atoms with Gasteiger partial charge in [0.05, 0.1) is 17.5 Å². The molecule has 6 nitrogen and oxygen atoms in total. The summed E-state index contributed by atoms with van der Waals surface area (Å²) in [4.78, 5) is 15.9. The zero-order chi connectivity index (χ0) is 17.5. The Balaban J connectivity index is 1.96. The minimum atomic E-state index is -0.300. The molecule has 8 heteroatoms. The zero-order valence-corrected chi connectivity index (χ0v) is 14.5. The molecule has 3 N–H and O–H groups in total. The number of nitrogens with one attached hydrogen (secondary N) is 1. The van der Waals surface area contributed by atoms with Crippen LogP contribution in [0.4, 0.5) is 5.69 Å². The summed E-state index contributed by atoms with van der Waals surface area (Å²) in [5.41, 5.74) is 6.13. The van der Waals surface area contributed by atoms with Gasteiger partial charge in [-0.1, -0.05) is 23.2 Å². The van der Waals surface area contributed by atoms with Gasteiger partial charge in [-0.25, -0.2) is 4.98 Å². The number of hydrogen-bond acceptors (Lipinski definition) is 5. The Morgan fingerprint density at radius 2 is 2.04 bits per heavy atom. The number of nitrogens with zero attached hydrogens (tertiary/aromatic N) is 1. The van der Waals surface area contributed by atoms with Gasteiger partial charge < -0.3 is 20.5 Å². The summed E-state index contributed by atoms with van der Waals surface area (Å²) in [6, 6.07) is 8.35. The summed E-state index contributed by atoms with van der Waals surface area (Å²) in [6.07, 6.45) is 1.34. The van der Waals surface area contributed by atoms with Crippen molar-refractivity contribution in [3.05, 3.63) is 46.6 Å². The molecule has 0 saturated heterocycles. The van der Waals surface area contributed by atoms with Gasteiger partial charge >= 0.3 is 0 Å². The maximum Gasteiger partial charge on any atom is 0.238 e. The van der Waals surface area contributed by atoms with Crippen LogP contribution in [-0.2, 0) is 9.53 Å². The van der Waals surface area contributed by atoms with E-state index in [2.05, 4.69) is 10.3 Å². The molecule has 1 heterocycles. The predicted octanol–water partition coefficient (Wildman–Crippen LogP) is 3.48. The van der Waals surface area contributed by atoms with Crippen molar-refractivity contribution in [2.75, 3.05) is 19.0 Å². The number of aromatic nitrogens is 1. The monoisotopic (exact) mass is 369 g/mol. The molecule has 1 atom stereocenters. The maximum absolute atomic E-state index is 11.9. The number of halogens is 2. The lowest BCUT2D eigenvalue weighted by Gasteiger charge is -2.13. The lowest BCUT2D eigenvalue weighted by atomic mass is 10.2. The first-order valence-electron chi connectivity index (χ1n) is 7.13. The highest BCUT2D eigenvalue weighted by atomic mass is 35.5. The molecule has 1 amide bonds. The lowest BCUT2D eigenvalue weighted by Crippen LogP contribution is -2.28. The second-order valence-corrected chi connectivity index (χ2v) is 5.76. The molecule has 128 valence electrons. The molecule has 1 aromatic heterocycles. The Labute approximate surface area is 149 Å². The molecule has 0 saturated carbocycles. The average Bonchev–Trinajstić information content (AvgIpc) is 2.57. The number of amides is 1. The van der Waals surface area contributed by atoms with Crippen LogP contribution in [0.1, 0.15) is 6.42 Å². The van der Waals surface area contributed by atoms with Crippen molar-refractivity contribution in [1.82, 2.24) is 4.98 Å². The molecule has 24 heavy (non-hydrogen) atoms. The van der Waals surface area contributed by atoms with Crippen molar-refractivity contribution in [2.45, 2.75) is 12.5 Å². The largest absolute Gasteiger partial charge is 0.438 e. The average molecular weight is 370 g/mol. The van der Waals surface area contributed by atoms with E-state index in [0.29, 0.717) is 21.5 Å². The van der Waals surface area contributed by atoms with Gasteiger partial charge in [-0.2, -0.15) is 0 Å². The van der Waals surface area contributed by atoms with Crippen LogP contribution in [0, 0.1) is 0 Å². The number of anilines is 1. The van der Waals surface area contributed by atoms with E-state index in [1.807, 2.05) is 0 Å². The zero-order valence-electron chi connectivity index (χ0n) is 13.0. The number of rotatable bonds is 7. The van der Waals surface area contributed by atoms with Gasteiger partial charge in [0.15, 0.2) is 0 Å². The smallest absolute Gasteiger partial charge is 0.238 e. The van der Waals surface area contributed by atoms with Crippen molar-refractivity contribution in [3.8, 4) is 11.6 Å². The molecule has 0 aliphatic rings. The molecule has 2 rings (SSSR count). The van der Waals surface area contributed by atoms with E-state index in [1.54, 1.807) is 30.3 Å². The number of methoxy groups -OCH3 is 1. The van der Waals surface area contributed by atoms with Crippen molar-refractivity contribution in [2.24, 2.45) is 5.73 Å². The first-order valence-corrected chi connectivity index (χ1v) is 7.89. The Morgan fingerprint density at radius 1 is 1.33 bits per heavy atom. The minimum absolute atomic E-state index is 0.177. The number of pyridine rings is 1. The minimum Gasteiger partial charge on any atom is -0.438 e. The van der Waals surface area contributed by atoms with Crippen LogP contribution in [0.15, 0.2) is 36.5 Å². The fourth-order valence-electron chi connectivity index (χ4n) is 1.88. The topological polar surface area (TPSA) is 86.5 Å². The van der Waals surface area contributed by atoms with E-state index < -0.39 is 0 Å². The van der Waals surface area contributed by atoms with Crippen LogP contribution < -0.4 is 15.8 Å². The van der Waals surface area contributed by atoms with Crippen LogP contribution in [0.2, 0.25) is 10.0 Å². The van der Waals surface area contributed by atoms with Crippen LogP contribution in [0.25, 0.3) is 0 Å². The van der Waals surface area contributed by atoms with Crippen LogP contribution in [0.3, 0.4) is 0 Å². The molecule has 2 aromatic rings. The van der Waals surface area contributed by atoms with E-state index in [0.717, 1.165) is 0 Å². The molecular formula is C16H17Cl2N3O3. The lowest BCUT2D eigenvalue weighted by molar-refractivity contribution is -0.118. The second-order valence-electron chi connectivity index (χ2n) is 4.91. The number of hydrogen-bond donors (Lipinski definition) is 2. The third-order valence-electron chi connectivity index (χ3n) is 3.14. The normalized spacial score (nSPS) is 11.8. The fraction of sp³-hybridized carbons (Fsp3) is 0.250. The van der Waals surface area contributed by atoms with Crippen molar-refractivity contribution < 1.29 is 14.3 Å². The standard InChI is InChI=1S/C16H17Cl2N3O3/c1-23-13(8-19)7-15(22)21-11-2-4-12(5-3-11)24-16-14(18)6-10(17)9-20-16/h2-6,9,13H,7-8,19H2,1H3,(H,21,22). The summed E-state index contributed by atoms with van der Waals surface area (Å²) in [5, 5.41) is 3.50. The summed E-state index contributed by atoms with van der Waals surface area (Å²) >= 11 is 11.8. The van der Waals surface area contributed by atoms with E-state index >= 15 is 0 Å². The quantitative estimate of drug-likeness (QED) is 0.779. The highest BCUT2D eigenvalue weighted by Gasteiger charge is 2.12. The highest BCUT2D eigenvalue weighted by molar-refractivity contribution is 6.35. The maximum atomic E-state index is 11.9. The number of carbonyl (C=O) groups excluding carboxylic acids is 1. The molecule has 0 aliphatic heterocycles. The van der Waals surface area contributed by atoms with Gasteiger partial charge in [0, 0.05) is 25.5 Å². The van der Waals surface area contributed by atoms with E-state index in [9.17, 15) is 4.79 Å². The highest BCUT2D eigenvalue weighted by Crippen LogP contribution is 2.29. The number of nitrogens with two attached hydrogens (primary N) is 1. The Hall–Kier alpha value is -1.86. The van der Waals surface area contributed by atoms with Gasteiger partial charge in [-0.3, -0.25) is 4.79 Å². The first-order chi connectivity index (χ1) is 11.5. The van der Waals surface area contributed by atoms with E-state index in [-0.39, 0.29) is 30.9 Å². The Kier molecular flexibility index (Phi) is 6.81. The molecule has 1 unspecified atom stereocenters. The van der Waals surface area contributed by atoms with Crippen molar-refractivity contribution >= 4 is 34.8 Å². The Morgan fingerprint density at radius 3 is 2.62 bits per heavy atom. The van der Waals surface area contributed by atoms with Gasteiger partial charge in [0.25, 0.3) is 0 Å². The van der Waals surface area contributed by atoms with Crippen molar-refractivity contribution in [3.63, 3.8) is 0 Å². The molecular weight excluding hydrogens is 353 g/mol.